The van der Waals surface area contributed by atoms with Crippen molar-refractivity contribution in [1.82, 2.24) is 9.97 Å². The topological polar surface area (TPSA) is 81.8 Å². The van der Waals surface area contributed by atoms with Crippen molar-refractivity contribution in [1.29, 1.82) is 5.26 Å². The first-order valence-electron chi connectivity index (χ1n) is 5.43. The van der Waals surface area contributed by atoms with Crippen molar-refractivity contribution in [2.24, 2.45) is 0 Å². The summed E-state index contributed by atoms with van der Waals surface area (Å²) < 4.78 is 0. The molecule has 1 aromatic heterocycles. The van der Waals surface area contributed by atoms with E-state index < -0.39 is 0 Å². The van der Waals surface area contributed by atoms with Crippen LogP contribution in [0.15, 0.2) is 41.9 Å². The molecular formula is C13H13ClN4O. The predicted molar refractivity (Wildman–Crippen MR) is 74.5 cm³/mol. The number of aryl methyl sites for hydroxylation is 1. The molecule has 0 aliphatic heterocycles. The number of hydrogen-bond acceptors (Lipinski definition) is 5. The van der Waals surface area contributed by atoms with Crippen LogP contribution in [0.4, 0.5) is 5.82 Å². The van der Waals surface area contributed by atoms with Crippen molar-refractivity contribution in [2.45, 2.75) is 13.3 Å². The van der Waals surface area contributed by atoms with Gasteiger partial charge in [0.25, 0.3) is 0 Å². The van der Waals surface area contributed by atoms with Crippen LogP contribution in [0, 0.1) is 18.3 Å². The Balaban J connectivity index is 3.06. The first-order chi connectivity index (χ1) is 9.10. The molecule has 0 saturated carbocycles. The van der Waals surface area contributed by atoms with E-state index in [1.54, 1.807) is 19.1 Å². The number of aromatic hydroxyl groups is 1. The monoisotopic (exact) mass is 276 g/mol. The molecule has 1 rings (SSSR count). The molecule has 0 fully saturated rings. The Morgan fingerprint density at radius 3 is 3.00 bits per heavy atom. The molecule has 0 aromatic carbocycles. The molecule has 1 aromatic rings. The van der Waals surface area contributed by atoms with Gasteiger partial charge >= 0.3 is 0 Å². The Morgan fingerprint density at radius 2 is 2.37 bits per heavy atom. The summed E-state index contributed by atoms with van der Waals surface area (Å²) >= 11 is 5.99. The number of allylic oxidation sites excluding steroid dienone is 4. The molecule has 0 aliphatic carbocycles. The Hall–Kier alpha value is -2.32. The smallest absolute Gasteiger partial charge is 0.180 e. The first-order valence-corrected chi connectivity index (χ1v) is 5.81. The summed E-state index contributed by atoms with van der Waals surface area (Å²) in [6.07, 6.45) is 6.30. The van der Waals surface area contributed by atoms with Crippen molar-refractivity contribution in [3.05, 3.63) is 47.6 Å². The molecule has 98 valence electrons. The highest BCUT2D eigenvalue weighted by molar-refractivity contribution is 6.31. The van der Waals surface area contributed by atoms with Gasteiger partial charge in [0.1, 0.15) is 6.33 Å². The molecule has 2 N–H and O–H groups in total. The number of hydrogen-bond donors (Lipinski definition) is 2. The summed E-state index contributed by atoms with van der Waals surface area (Å²) in [5, 5.41) is 21.5. The number of nitrogens with one attached hydrogen (secondary N) is 1. The number of nitriles is 1. The number of anilines is 1. The second kappa shape index (κ2) is 7.19. The highest BCUT2D eigenvalue weighted by atomic mass is 35.5. The molecule has 0 saturated heterocycles. The molecule has 1 heterocycles. The number of rotatable bonds is 5. The number of halogens is 1. The molecule has 5 nitrogen and oxygen atoms in total. The van der Waals surface area contributed by atoms with Crippen molar-refractivity contribution in [3.63, 3.8) is 0 Å². The lowest BCUT2D eigenvalue weighted by Crippen LogP contribution is -2.02. The second-order valence-corrected chi connectivity index (χ2v) is 3.92. The summed E-state index contributed by atoms with van der Waals surface area (Å²) in [5.74, 6) is 0.186. The molecule has 0 atom stereocenters. The molecule has 19 heavy (non-hydrogen) atoms. The first kappa shape index (κ1) is 14.7. The maximum Gasteiger partial charge on any atom is 0.180 e. The van der Waals surface area contributed by atoms with E-state index in [1.807, 2.05) is 6.07 Å². The van der Waals surface area contributed by atoms with Crippen LogP contribution in [0.5, 0.6) is 5.75 Å². The normalized spacial score (nSPS) is 11.8. The fourth-order valence-corrected chi connectivity index (χ4v) is 1.32. The van der Waals surface area contributed by atoms with Gasteiger partial charge < -0.3 is 10.4 Å². The summed E-state index contributed by atoms with van der Waals surface area (Å²) in [7, 11) is 0. The third-order valence-electron chi connectivity index (χ3n) is 2.19. The molecule has 0 amide bonds. The molecule has 0 radical (unpaired) electrons. The maximum atomic E-state index is 9.82. The molecule has 6 heteroatoms. The standard InChI is InChI=1S/C13H13ClN4O/c1-3-10(14)11(6-4-5-7-15)18-13-12(19)9(2)16-8-17-13/h3-4,6,8,19H,1,5H2,2H3,(H,16,17,18)/b6-4-,11-10-. The minimum Gasteiger partial charge on any atom is -0.503 e. The Kier molecular flexibility index (Phi) is 5.58. The molecule has 0 bridgehead atoms. The average Bonchev–Trinajstić information content (AvgIpc) is 2.41. The Morgan fingerprint density at radius 1 is 1.63 bits per heavy atom. The lowest BCUT2D eigenvalue weighted by molar-refractivity contribution is 0.467. The van der Waals surface area contributed by atoms with E-state index in [9.17, 15) is 5.11 Å². The summed E-state index contributed by atoms with van der Waals surface area (Å²) in [6, 6.07) is 1.98. The van der Waals surface area contributed by atoms with Gasteiger partial charge in [0, 0.05) is 0 Å². The zero-order chi connectivity index (χ0) is 14.3. The summed E-state index contributed by atoms with van der Waals surface area (Å²) in [5.41, 5.74) is 0.938. The third-order valence-corrected chi connectivity index (χ3v) is 2.55. The lowest BCUT2D eigenvalue weighted by atomic mass is 10.3. The van der Waals surface area contributed by atoms with Gasteiger partial charge in [-0.2, -0.15) is 5.26 Å². The molecular weight excluding hydrogens is 264 g/mol. The van der Waals surface area contributed by atoms with Crippen molar-refractivity contribution in [3.8, 4) is 11.8 Å². The Labute approximate surface area is 116 Å². The largest absolute Gasteiger partial charge is 0.503 e. The average molecular weight is 277 g/mol. The minimum absolute atomic E-state index is 0.0535. The zero-order valence-electron chi connectivity index (χ0n) is 10.4. The second-order valence-electron chi connectivity index (χ2n) is 3.51. The van der Waals surface area contributed by atoms with E-state index in [2.05, 4.69) is 21.9 Å². The van der Waals surface area contributed by atoms with Crippen LogP contribution < -0.4 is 5.32 Å². The van der Waals surface area contributed by atoms with E-state index in [0.29, 0.717) is 16.4 Å². The number of nitrogens with zero attached hydrogens (tertiary/aromatic N) is 3. The van der Waals surface area contributed by atoms with Crippen LogP contribution >= 0.6 is 11.6 Å². The van der Waals surface area contributed by atoms with Gasteiger partial charge in [0.15, 0.2) is 11.6 Å². The van der Waals surface area contributed by atoms with Crippen molar-refractivity contribution < 1.29 is 5.11 Å². The van der Waals surface area contributed by atoms with E-state index in [0.717, 1.165) is 0 Å². The van der Waals surface area contributed by atoms with Crippen LogP contribution in [-0.4, -0.2) is 15.1 Å². The fourth-order valence-electron chi connectivity index (χ4n) is 1.21. The van der Waals surface area contributed by atoms with E-state index in [4.69, 9.17) is 16.9 Å². The van der Waals surface area contributed by atoms with Gasteiger partial charge in [-0.05, 0) is 19.1 Å². The summed E-state index contributed by atoms with van der Waals surface area (Å²) in [6.45, 7) is 5.23. The molecule has 0 unspecified atom stereocenters. The minimum atomic E-state index is -0.0535. The van der Waals surface area contributed by atoms with Gasteiger partial charge in [-0.25, -0.2) is 9.97 Å². The van der Waals surface area contributed by atoms with E-state index >= 15 is 0 Å². The molecule has 0 spiro atoms. The SMILES string of the molecule is C=C/C(Cl)=C(\C=C/CC#N)Nc1ncnc(C)c1O. The van der Waals surface area contributed by atoms with Crippen LogP contribution in [0.1, 0.15) is 12.1 Å². The van der Waals surface area contributed by atoms with E-state index in [-0.39, 0.29) is 18.0 Å². The highest BCUT2D eigenvalue weighted by Gasteiger charge is 2.08. The van der Waals surface area contributed by atoms with Crippen LogP contribution in [0.2, 0.25) is 0 Å². The van der Waals surface area contributed by atoms with Gasteiger partial charge in [-0.3, -0.25) is 0 Å². The van der Waals surface area contributed by atoms with Gasteiger partial charge in [-0.15, -0.1) is 0 Å². The van der Waals surface area contributed by atoms with Crippen LogP contribution in [0.25, 0.3) is 0 Å². The van der Waals surface area contributed by atoms with Gasteiger partial charge in [0.05, 0.1) is 28.9 Å². The quantitative estimate of drug-likeness (QED) is 0.808. The summed E-state index contributed by atoms with van der Waals surface area (Å²) in [4.78, 5) is 7.78. The van der Waals surface area contributed by atoms with E-state index in [1.165, 1.54) is 12.4 Å². The Bertz CT molecular complexity index is 572. The third kappa shape index (κ3) is 4.12. The van der Waals surface area contributed by atoms with Crippen molar-refractivity contribution >= 4 is 17.4 Å². The maximum absolute atomic E-state index is 9.82. The zero-order valence-corrected chi connectivity index (χ0v) is 11.1. The van der Waals surface area contributed by atoms with Gasteiger partial charge in [0.2, 0.25) is 0 Å². The highest BCUT2D eigenvalue weighted by Crippen LogP contribution is 2.25. The lowest BCUT2D eigenvalue weighted by Gasteiger charge is -2.10. The predicted octanol–water partition coefficient (Wildman–Crippen LogP) is 3.01. The van der Waals surface area contributed by atoms with Crippen LogP contribution in [0.3, 0.4) is 0 Å². The van der Waals surface area contributed by atoms with Gasteiger partial charge in [-0.1, -0.05) is 24.3 Å². The van der Waals surface area contributed by atoms with Crippen LogP contribution in [-0.2, 0) is 0 Å². The molecule has 0 aliphatic rings. The fraction of sp³-hybridized carbons (Fsp3) is 0.154. The number of aromatic nitrogens is 2. The van der Waals surface area contributed by atoms with Crippen molar-refractivity contribution in [2.75, 3.05) is 5.32 Å².